The van der Waals surface area contributed by atoms with Crippen LogP contribution in [-0.4, -0.2) is 12.6 Å². The standard InChI is InChI=1S/C17H25N/c1-4-7-9-14-17(18-6-3)16(5-2)15-12-10-8-11-13-15/h8,10-13,16-18H,5-6,9,14H2,1-3H3. The molecule has 0 spiro atoms. The number of rotatable bonds is 7. The molecule has 2 unspecified atom stereocenters. The Labute approximate surface area is 112 Å². The zero-order valence-electron chi connectivity index (χ0n) is 11.9. The average molecular weight is 243 g/mol. The second kappa shape index (κ2) is 8.78. The van der Waals surface area contributed by atoms with Gasteiger partial charge in [0.15, 0.2) is 0 Å². The highest BCUT2D eigenvalue weighted by Gasteiger charge is 2.19. The van der Waals surface area contributed by atoms with E-state index < -0.39 is 0 Å². The molecule has 98 valence electrons. The fourth-order valence-corrected chi connectivity index (χ4v) is 2.51. The molecule has 0 aliphatic heterocycles. The van der Waals surface area contributed by atoms with Crippen molar-refractivity contribution in [3.8, 4) is 11.8 Å². The third-order valence-electron chi connectivity index (χ3n) is 3.38. The van der Waals surface area contributed by atoms with Crippen LogP contribution in [0.3, 0.4) is 0 Å². The number of benzene rings is 1. The van der Waals surface area contributed by atoms with E-state index in [1.165, 1.54) is 12.0 Å². The lowest BCUT2D eigenvalue weighted by molar-refractivity contribution is 0.411. The van der Waals surface area contributed by atoms with Crippen LogP contribution in [0.25, 0.3) is 0 Å². The molecular formula is C17H25N. The smallest absolute Gasteiger partial charge is 0.0145 e. The first-order valence-corrected chi connectivity index (χ1v) is 7.01. The summed E-state index contributed by atoms with van der Waals surface area (Å²) in [5.41, 5.74) is 1.44. The first-order chi connectivity index (χ1) is 8.83. The zero-order chi connectivity index (χ0) is 13.2. The largest absolute Gasteiger partial charge is 0.314 e. The molecule has 0 radical (unpaired) electrons. The number of nitrogens with one attached hydrogen (secondary N) is 1. The first-order valence-electron chi connectivity index (χ1n) is 7.01. The third-order valence-corrected chi connectivity index (χ3v) is 3.38. The molecule has 0 aromatic heterocycles. The van der Waals surface area contributed by atoms with E-state index in [1.807, 2.05) is 6.92 Å². The molecule has 1 N–H and O–H groups in total. The van der Waals surface area contributed by atoms with Gasteiger partial charge in [0.1, 0.15) is 0 Å². The maximum atomic E-state index is 3.62. The van der Waals surface area contributed by atoms with E-state index >= 15 is 0 Å². The Balaban J connectivity index is 2.75. The Morgan fingerprint density at radius 1 is 1.17 bits per heavy atom. The molecule has 1 aromatic rings. The summed E-state index contributed by atoms with van der Waals surface area (Å²) in [6.45, 7) is 7.38. The van der Waals surface area contributed by atoms with Gasteiger partial charge in [-0.15, -0.1) is 11.8 Å². The summed E-state index contributed by atoms with van der Waals surface area (Å²) in [6, 6.07) is 11.4. The predicted molar refractivity (Wildman–Crippen MR) is 79.6 cm³/mol. The summed E-state index contributed by atoms with van der Waals surface area (Å²) in [5, 5.41) is 3.62. The summed E-state index contributed by atoms with van der Waals surface area (Å²) < 4.78 is 0. The number of likely N-dealkylation sites (N-methyl/N-ethyl adjacent to an activating group) is 1. The summed E-state index contributed by atoms with van der Waals surface area (Å²) >= 11 is 0. The van der Waals surface area contributed by atoms with Crippen molar-refractivity contribution in [1.29, 1.82) is 0 Å². The molecule has 1 nitrogen and oxygen atoms in total. The third kappa shape index (κ3) is 4.55. The summed E-state index contributed by atoms with van der Waals surface area (Å²) in [5.74, 6) is 6.75. The molecule has 0 heterocycles. The second-order valence-corrected chi connectivity index (χ2v) is 4.56. The van der Waals surface area contributed by atoms with Crippen molar-refractivity contribution in [2.75, 3.05) is 6.54 Å². The van der Waals surface area contributed by atoms with Gasteiger partial charge in [0.2, 0.25) is 0 Å². The molecule has 0 saturated heterocycles. The lowest BCUT2D eigenvalue weighted by Crippen LogP contribution is -2.34. The highest BCUT2D eigenvalue weighted by molar-refractivity contribution is 5.21. The van der Waals surface area contributed by atoms with Gasteiger partial charge in [-0.05, 0) is 37.8 Å². The quantitative estimate of drug-likeness (QED) is 0.715. The molecular weight excluding hydrogens is 218 g/mol. The first kappa shape index (κ1) is 14.8. The minimum Gasteiger partial charge on any atom is -0.314 e. The molecule has 1 aromatic carbocycles. The molecule has 1 rings (SSSR count). The van der Waals surface area contributed by atoms with Crippen molar-refractivity contribution < 1.29 is 0 Å². The van der Waals surface area contributed by atoms with Crippen LogP contribution in [0.4, 0.5) is 0 Å². The average Bonchev–Trinajstić information content (AvgIpc) is 2.41. The minimum atomic E-state index is 0.531. The van der Waals surface area contributed by atoms with Gasteiger partial charge in [-0.2, -0.15) is 0 Å². The maximum absolute atomic E-state index is 3.62. The van der Waals surface area contributed by atoms with Crippen molar-refractivity contribution >= 4 is 0 Å². The van der Waals surface area contributed by atoms with E-state index in [0.717, 1.165) is 19.4 Å². The van der Waals surface area contributed by atoms with Crippen LogP contribution in [0, 0.1) is 11.8 Å². The molecule has 1 heteroatoms. The lowest BCUT2D eigenvalue weighted by Gasteiger charge is -2.27. The number of hydrogen-bond donors (Lipinski definition) is 1. The predicted octanol–water partition coefficient (Wildman–Crippen LogP) is 3.96. The van der Waals surface area contributed by atoms with Crippen molar-refractivity contribution in [3.63, 3.8) is 0 Å². The molecule has 0 bridgehead atoms. The fraction of sp³-hybridized carbons (Fsp3) is 0.529. The monoisotopic (exact) mass is 243 g/mol. The van der Waals surface area contributed by atoms with E-state index in [-0.39, 0.29) is 0 Å². The van der Waals surface area contributed by atoms with Gasteiger partial charge in [0.25, 0.3) is 0 Å². The molecule has 0 fully saturated rings. The topological polar surface area (TPSA) is 12.0 Å². The van der Waals surface area contributed by atoms with Crippen LogP contribution >= 0.6 is 0 Å². The van der Waals surface area contributed by atoms with Crippen molar-refractivity contribution in [3.05, 3.63) is 35.9 Å². The molecule has 2 atom stereocenters. The van der Waals surface area contributed by atoms with Crippen LogP contribution in [-0.2, 0) is 0 Å². The Bertz CT molecular complexity index is 372. The van der Waals surface area contributed by atoms with Crippen molar-refractivity contribution in [2.45, 2.75) is 52.0 Å². The van der Waals surface area contributed by atoms with E-state index in [4.69, 9.17) is 0 Å². The normalized spacial score (nSPS) is 13.5. The Morgan fingerprint density at radius 3 is 2.44 bits per heavy atom. The molecule has 0 saturated carbocycles. The van der Waals surface area contributed by atoms with E-state index in [0.29, 0.717) is 12.0 Å². The molecule has 0 aliphatic carbocycles. The lowest BCUT2D eigenvalue weighted by atomic mass is 9.86. The Kier molecular flexibility index (Phi) is 7.22. The van der Waals surface area contributed by atoms with Gasteiger partial charge in [-0.25, -0.2) is 0 Å². The fourth-order valence-electron chi connectivity index (χ4n) is 2.51. The highest BCUT2D eigenvalue weighted by atomic mass is 14.9. The SMILES string of the molecule is CC#CCCC(NCC)C(CC)c1ccccc1. The molecule has 0 aliphatic rings. The van der Waals surface area contributed by atoms with Gasteiger partial charge < -0.3 is 5.32 Å². The summed E-state index contributed by atoms with van der Waals surface area (Å²) in [6.07, 6.45) is 3.28. The van der Waals surface area contributed by atoms with Crippen LogP contribution < -0.4 is 5.32 Å². The second-order valence-electron chi connectivity index (χ2n) is 4.56. The minimum absolute atomic E-state index is 0.531. The van der Waals surface area contributed by atoms with E-state index in [2.05, 4.69) is 61.3 Å². The Hall–Kier alpha value is -1.26. The zero-order valence-corrected chi connectivity index (χ0v) is 11.9. The van der Waals surface area contributed by atoms with Crippen molar-refractivity contribution in [1.82, 2.24) is 5.32 Å². The van der Waals surface area contributed by atoms with Gasteiger partial charge in [-0.3, -0.25) is 0 Å². The summed E-state index contributed by atoms with van der Waals surface area (Å²) in [4.78, 5) is 0. The Morgan fingerprint density at radius 2 is 1.89 bits per heavy atom. The van der Waals surface area contributed by atoms with E-state index in [9.17, 15) is 0 Å². The van der Waals surface area contributed by atoms with Gasteiger partial charge >= 0.3 is 0 Å². The van der Waals surface area contributed by atoms with Crippen LogP contribution in [0.1, 0.15) is 51.5 Å². The van der Waals surface area contributed by atoms with Gasteiger partial charge in [0, 0.05) is 12.5 Å². The van der Waals surface area contributed by atoms with Crippen LogP contribution in [0.5, 0.6) is 0 Å². The molecule has 0 amide bonds. The van der Waals surface area contributed by atoms with Gasteiger partial charge in [0.05, 0.1) is 0 Å². The number of hydrogen-bond acceptors (Lipinski definition) is 1. The van der Waals surface area contributed by atoms with Gasteiger partial charge in [-0.1, -0.05) is 44.2 Å². The maximum Gasteiger partial charge on any atom is 0.0145 e. The van der Waals surface area contributed by atoms with E-state index in [1.54, 1.807) is 0 Å². The highest BCUT2D eigenvalue weighted by Crippen LogP contribution is 2.25. The molecule has 18 heavy (non-hydrogen) atoms. The van der Waals surface area contributed by atoms with Crippen molar-refractivity contribution in [2.24, 2.45) is 0 Å². The summed E-state index contributed by atoms with van der Waals surface area (Å²) in [7, 11) is 0. The van der Waals surface area contributed by atoms with Crippen LogP contribution in [0.15, 0.2) is 30.3 Å². The van der Waals surface area contributed by atoms with Crippen LogP contribution in [0.2, 0.25) is 0 Å².